The van der Waals surface area contributed by atoms with Gasteiger partial charge in [-0.2, -0.15) is 0 Å². The molecule has 0 heterocycles. The number of carbonyl (C=O) groups excluding carboxylic acids is 1. The molecule has 3 nitrogen and oxygen atoms in total. The summed E-state index contributed by atoms with van der Waals surface area (Å²) in [5.41, 5.74) is 6.30. The Labute approximate surface area is 84.3 Å². The second-order valence-electron chi connectivity index (χ2n) is 3.44. The van der Waals surface area contributed by atoms with Gasteiger partial charge in [-0.3, -0.25) is 4.79 Å². The molecule has 0 bridgehead atoms. The van der Waals surface area contributed by atoms with E-state index in [1.54, 1.807) is 0 Å². The normalized spacial score (nSPS) is 12.4. The summed E-state index contributed by atoms with van der Waals surface area (Å²) >= 11 is 0. The molecule has 0 fully saturated rings. The first-order valence-corrected chi connectivity index (χ1v) is 4.74. The van der Waals surface area contributed by atoms with Gasteiger partial charge in [0, 0.05) is 19.0 Å². The molecule has 0 saturated heterocycles. The number of carbonyl (C=O) groups is 1. The van der Waals surface area contributed by atoms with Crippen molar-refractivity contribution in [2.45, 2.75) is 25.9 Å². The molecule has 0 aromatic heterocycles. The molecule has 1 unspecified atom stereocenters. The minimum atomic E-state index is -0.266. The highest BCUT2D eigenvalue weighted by Crippen LogP contribution is 1.99. The molecule has 1 aromatic carbocycles. The molecule has 0 aliphatic heterocycles. The van der Waals surface area contributed by atoms with E-state index >= 15 is 0 Å². The maximum absolute atomic E-state index is 10.6. The zero-order valence-electron chi connectivity index (χ0n) is 8.36. The fraction of sp³-hybridized carbons (Fsp3) is 0.364. The molecule has 76 valence electrons. The van der Waals surface area contributed by atoms with Crippen LogP contribution in [0.4, 0.5) is 0 Å². The molecule has 0 aliphatic carbocycles. The average Bonchev–Trinajstić information content (AvgIpc) is 2.15. The monoisotopic (exact) mass is 192 g/mol. The molecule has 3 N–H and O–H groups in total. The Morgan fingerprint density at radius 2 is 2.07 bits per heavy atom. The third kappa shape index (κ3) is 4.05. The highest BCUT2D eigenvalue weighted by atomic mass is 16.1. The van der Waals surface area contributed by atoms with Gasteiger partial charge >= 0.3 is 0 Å². The van der Waals surface area contributed by atoms with E-state index in [4.69, 9.17) is 5.73 Å². The summed E-state index contributed by atoms with van der Waals surface area (Å²) in [6.45, 7) is 2.73. The lowest BCUT2D eigenvalue weighted by Crippen LogP contribution is -2.30. The fourth-order valence-electron chi connectivity index (χ4n) is 1.26. The van der Waals surface area contributed by atoms with Gasteiger partial charge in [0.05, 0.1) is 0 Å². The van der Waals surface area contributed by atoms with E-state index in [-0.39, 0.29) is 11.9 Å². The number of amides is 1. The highest BCUT2D eigenvalue weighted by molar-refractivity contribution is 5.74. The first-order chi connectivity index (χ1) is 6.68. The van der Waals surface area contributed by atoms with E-state index in [1.807, 2.05) is 37.3 Å². The molecule has 1 aromatic rings. The Bertz CT molecular complexity index is 285. The predicted molar refractivity (Wildman–Crippen MR) is 56.6 cm³/mol. The number of hydrogen-bond acceptors (Lipinski definition) is 2. The van der Waals surface area contributed by atoms with Crippen molar-refractivity contribution in [2.24, 2.45) is 5.73 Å². The Hall–Kier alpha value is -1.35. The summed E-state index contributed by atoms with van der Waals surface area (Å²) in [5, 5.41) is 3.23. The number of benzene rings is 1. The average molecular weight is 192 g/mol. The van der Waals surface area contributed by atoms with E-state index in [2.05, 4.69) is 5.32 Å². The van der Waals surface area contributed by atoms with Crippen molar-refractivity contribution in [3.8, 4) is 0 Å². The summed E-state index contributed by atoms with van der Waals surface area (Å²) in [5.74, 6) is -0.266. The van der Waals surface area contributed by atoms with Gasteiger partial charge in [-0.25, -0.2) is 0 Å². The third-order valence-corrected chi connectivity index (χ3v) is 2.00. The van der Waals surface area contributed by atoms with Crippen LogP contribution in [0.25, 0.3) is 0 Å². The van der Waals surface area contributed by atoms with Crippen LogP contribution < -0.4 is 11.1 Å². The second-order valence-corrected chi connectivity index (χ2v) is 3.44. The van der Waals surface area contributed by atoms with Gasteiger partial charge in [0.15, 0.2) is 0 Å². The van der Waals surface area contributed by atoms with Crippen LogP contribution >= 0.6 is 0 Å². The molecule has 3 heteroatoms. The van der Waals surface area contributed by atoms with Crippen LogP contribution in [-0.2, 0) is 11.3 Å². The number of rotatable bonds is 5. The quantitative estimate of drug-likeness (QED) is 0.732. The standard InChI is InChI=1S/C11H16N2O/c1-9(7-11(12)14)13-8-10-5-3-2-4-6-10/h2-6,9,13H,7-8H2,1H3,(H2,12,14). The zero-order valence-corrected chi connectivity index (χ0v) is 8.36. The highest BCUT2D eigenvalue weighted by Gasteiger charge is 2.04. The molecular weight excluding hydrogens is 176 g/mol. The topological polar surface area (TPSA) is 55.1 Å². The molecule has 1 atom stereocenters. The first kappa shape index (κ1) is 10.7. The van der Waals surface area contributed by atoms with Gasteiger partial charge in [0.25, 0.3) is 0 Å². The summed E-state index contributed by atoms with van der Waals surface area (Å²) in [6, 6.07) is 10.2. The minimum absolute atomic E-state index is 0.132. The maximum atomic E-state index is 10.6. The van der Waals surface area contributed by atoms with Crippen LogP contribution in [0.2, 0.25) is 0 Å². The molecule has 1 amide bonds. The fourth-order valence-corrected chi connectivity index (χ4v) is 1.26. The minimum Gasteiger partial charge on any atom is -0.370 e. The van der Waals surface area contributed by atoms with Crippen molar-refractivity contribution in [2.75, 3.05) is 0 Å². The third-order valence-electron chi connectivity index (χ3n) is 2.00. The van der Waals surface area contributed by atoms with Gasteiger partial charge in [0.2, 0.25) is 5.91 Å². The number of hydrogen-bond donors (Lipinski definition) is 2. The van der Waals surface area contributed by atoms with Gasteiger partial charge in [-0.05, 0) is 12.5 Å². The van der Waals surface area contributed by atoms with E-state index in [9.17, 15) is 4.79 Å². The van der Waals surface area contributed by atoms with Gasteiger partial charge in [-0.15, -0.1) is 0 Å². The number of nitrogens with two attached hydrogens (primary N) is 1. The molecule has 1 rings (SSSR count). The SMILES string of the molecule is CC(CC(N)=O)NCc1ccccc1. The van der Waals surface area contributed by atoms with Crippen molar-refractivity contribution < 1.29 is 4.79 Å². The van der Waals surface area contributed by atoms with Crippen molar-refractivity contribution in [1.29, 1.82) is 0 Å². The zero-order chi connectivity index (χ0) is 10.4. The molecule has 14 heavy (non-hydrogen) atoms. The van der Waals surface area contributed by atoms with E-state index in [1.165, 1.54) is 5.56 Å². The molecular formula is C11H16N2O. The van der Waals surface area contributed by atoms with Gasteiger partial charge in [0.1, 0.15) is 0 Å². The second kappa shape index (κ2) is 5.40. The summed E-state index contributed by atoms with van der Waals surface area (Å²) in [7, 11) is 0. The van der Waals surface area contributed by atoms with E-state index < -0.39 is 0 Å². The van der Waals surface area contributed by atoms with Crippen molar-refractivity contribution in [3.63, 3.8) is 0 Å². The number of primary amides is 1. The van der Waals surface area contributed by atoms with Crippen LogP contribution in [0.1, 0.15) is 18.9 Å². The van der Waals surface area contributed by atoms with Crippen LogP contribution in [0, 0.1) is 0 Å². The molecule has 0 saturated carbocycles. The van der Waals surface area contributed by atoms with Crippen LogP contribution in [0.3, 0.4) is 0 Å². The Morgan fingerprint density at radius 3 is 2.64 bits per heavy atom. The van der Waals surface area contributed by atoms with Gasteiger partial charge in [-0.1, -0.05) is 30.3 Å². The smallest absolute Gasteiger partial charge is 0.218 e. The number of nitrogens with one attached hydrogen (secondary N) is 1. The van der Waals surface area contributed by atoms with Gasteiger partial charge < -0.3 is 11.1 Å². The van der Waals surface area contributed by atoms with E-state index in [0.717, 1.165) is 6.54 Å². The van der Waals surface area contributed by atoms with Crippen molar-refractivity contribution in [1.82, 2.24) is 5.32 Å². The van der Waals surface area contributed by atoms with Crippen LogP contribution in [0.15, 0.2) is 30.3 Å². The molecule has 0 spiro atoms. The van der Waals surface area contributed by atoms with Crippen molar-refractivity contribution in [3.05, 3.63) is 35.9 Å². The van der Waals surface area contributed by atoms with Crippen LogP contribution in [0.5, 0.6) is 0 Å². The lowest BCUT2D eigenvalue weighted by atomic mass is 10.2. The summed E-state index contributed by atoms with van der Waals surface area (Å²) in [4.78, 5) is 10.6. The molecule has 0 aliphatic rings. The lowest BCUT2D eigenvalue weighted by Gasteiger charge is -2.11. The Kier molecular flexibility index (Phi) is 4.13. The maximum Gasteiger partial charge on any atom is 0.218 e. The van der Waals surface area contributed by atoms with Crippen LogP contribution in [-0.4, -0.2) is 11.9 Å². The molecule has 0 radical (unpaired) electrons. The van der Waals surface area contributed by atoms with E-state index in [0.29, 0.717) is 6.42 Å². The first-order valence-electron chi connectivity index (χ1n) is 4.74. The largest absolute Gasteiger partial charge is 0.370 e. The Balaban J connectivity index is 2.30. The lowest BCUT2D eigenvalue weighted by molar-refractivity contribution is -0.118. The summed E-state index contributed by atoms with van der Waals surface area (Å²) < 4.78 is 0. The summed E-state index contributed by atoms with van der Waals surface area (Å²) in [6.07, 6.45) is 0.382. The Morgan fingerprint density at radius 1 is 1.43 bits per heavy atom. The van der Waals surface area contributed by atoms with Crippen molar-refractivity contribution >= 4 is 5.91 Å². The predicted octanol–water partition coefficient (Wildman–Crippen LogP) is 1.04.